The van der Waals surface area contributed by atoms with Crippen LogP contribution in [0, 0.1) is 6.92 Å². The lowest BCUT2D eigenvalue weighted by Gasteiger charge is -2.27. The molecule has 1 N–H and O–H groups in total. The first-order chi connectivity index (χ1) is 36.4. The summed E-state index contributed by atoms with van der Waals surface area (Å²) in [5.74, 6) is 0.259. The molecule has 2 aromatic heterocycles. The fraction of sp³-hybridized carbons (Fsp3) is 0.143. The molecule has 0 saturated heterocycles. The molecule has 0 saturated carbocycles. The summed E-state index contributed by atoms with van der Waals surface area (Å²) in [7, 11) is 0. The predicted molar refractivity (Wildman–Crippen MR) is 281 cm³/mol. The number of hydrogen-bond acceptors (Lipinski definition) is 3. The van der Waals surface area contributed by atoms with Gasteiger partial charge in [-0.2, -0.15) is 0 Å². The predicted octanol–water partition coefficient (Wildman–Crippen LogP) is 16.7. The standard InChI is InChI=1S/C63H55N3O/c1-41-26-28-44(29-27-41)47-32-33-64-56(38-47)50-35-48(43-20-13-9-14-21-43)34-49(36-50)52-24-17-25-58-59(52)65-61(54-39-51(62(2,3)4)40-55(60(54)67)63(5,6)7)66(58)57-31-30-46(42-18-11-8-12-19-42)37-53(57)45-22-15-10-16-23-45/h8-40,67H,1-7H3/i8D,10D,11D,12D,15D,16D,18D,19D,22D,23D. The van der Waals surface area contributed by atoms with Crippen molar-refractivity contribution in [1.29, 1.82) is 0 Å². The average molecular weight is 880 g/mol. The van der Waals surface area contributed by atoms with Crippen LogP contribution in [0.25, 0.3) is 95.0 Å². The molecule has 0 radical (unpaired) electrons. The molecule has 8 aromatic carbocycles. The average Bonchev–Trinajstić information content (AvgIpc) is 3.82. The number of imidazole rings is 1. The fourth-order valence-corrected chi connectivity index (χ4v) is 8.67. The maximum Gasteiger partial charge on any atom is 0.149 e. The van der Waals surface area contributed by atoms with E-state index in [-0.39, 0.29) is 39.5 Å². The van der Waals surface area contributed by atoms with E-state index < -0.39 is 71.3 Å². The number of aryl methyl sites for hydroxylation is 1. The molecule has 0 aliphatic carbocycles. The Balaban J connectivity index is 1.34. The van der Waals surface area contributed by atoms with Crippen LogP contribution in [0.4, 0.5) is 0 Å². The maximum absolute atomic E-state index is 12.7. The van der Waals surface area contributed by atoms with E-state index in [1.165, 1.54) is 6.07 Å². The van der Waals surface area contributed by atoms with Gasteiger partial charge in [-0.3, -0.25) is 9.55 Å². The smallest absolute Gasteiger partial charge is 0.149 e. The zero-order valence-electron chi connectivity index (χ0n) is 48.6. The van der Waals surface area contributed by atoms with Crippen molar-refractivity contribution in [1.82, 2.24) is 14.5 Å². The third kappa shape index (κ3) is 8.48. The van der Waals surface area contributed by atoms with Crippen LogP contribution in [0.5, 0.6) is 5.75 Å². The highest BCUT2D eigenvalue weighted by Gasteiger charge is 2.29. The molecule has 10 aromatic rings. The van der Waals surface area contributed by atoms with E-state index in [1.807, 2.05) is 86.1 Å². The molecule has 2 heterocycles. The minimum Gasteiger partial charge on any atom is -0.507 e. The Morgan fingerprint density at radius 1 is 0.493 bits per heavy atom. The molecular formula is C63H55N3O. The second kappa shape index (κ2) is 17.2. The molecule has 0 aliphatic heterocycles. The summed E-state index contributed by atoms with van der Waals surface area (Å²) in [6, 6.07) is 37.9. The lowest BCUT2D eigenvalue weighted by Crippen LogP contribution is -2.17. The minimum absolute atomic E-state index is 0.0170. The number of hydrogen-bond donors (Lipinski definition) is 1. The summed E-state index contributed by atoms with van der Waals surface area (Å²) in [5, 5.41) is 12.7. The summed E-state index contributed by atoms with van der Waals surface area (Å²) in [4.78, 5) is 10.4. The molecule has 328 valence electrons. The van der Waals surface area contributed by atoms with Gasteiger partial charge in [0.1, 0.15) is 11.6 Å². The van der Waals surface area contributed by atoms with Crippen LogP contribution in [-0.2, 0) is 10.8 Å². The van der Waals surface area contributed by atoms with Crippen LogP contribution in [0.2, 0.25) is 0 Å². The monoisotopic (exact) mass is 879 g/mol. The lowest BCUT2D eigenvalue weighted by molar-refractivity contribution is 0.446. The Labute approximate surface area is 409 Å². The van der Waals surface area contributed by atoms with Crippen LogP contribution in [0.3, 0.4) is 0 Å². The van der Waals surface area contributed by atoms with E-state index in [9.17, 15) is 7.85 Å². The van der Waals surface area contributed by atoms with E-state index in [4.69, 9.17) is 20.9 Å². The van der Waals surface area contributed by atoms with Crippen molar-refractivity contribution in [2.45, 2.75) is 59.3 Å². The van der Waals surface area contributed by atoms with Crippen molar-refractivity contribution < 1.29 is 18.8 Å². The number of phenolic OH excluding ortho intramolecular Hbond substituents is 1. The number of aromatic nitrogens is 3. The number of nitrogens with zero attached hydrogens (tertiary/aromatic N) is 3. The number of rotatable bonds is 8. The SMILES string of the molecule is [2H]c1c([2H])c([2H])c(-c2ccc(-n3c(-c4cc(C(C)(C)C)cc(C(C)(C)C)c4O)nc4c(-c5cc(-c6ccccc6)cc(-c6cc(-c7ccc(C)cc7)ccn6)c5)cccc43)c(-c3c([2H])c([2H])c([2H])c([2H])c3[2H])c2)c([2H])c1[2H]. The molecular weight excluding hydrogens is 815 g/mol. The summed E-state index contributed by atoms with van der Waals surface area (Å²) >= 11 is 0. The summed E-state index contributed by atoms with van der Waals surface area (Å²) in [6.45, 7) is 14.4. The number of pyridine rings is 1. The van der Waals surface area contributed by atoms with Crippen molar-refractivity contribution >= 4 is 11.0 Å². The number of benzene rings is 8. The molecule has 0 unspecified atom stereocenters. The number of phenols is 1. The van der Waals surface area contributed by atoms with Gasteiger partial charge in [-0.1, -0.05) is 186 Å². The van der Waals surface area contributed by atoms with Gasteiger partial charge >= 0.3 is 0 Å². The summed E-state index contributed by atoms with van der Waals surface area (Å²) < 4.78 is 90.2. The molecule has 0 amide bonds. The largest absolute Gasteiger partial charge is 0.507 e. The second-order valence-corrected chi connectivity index (χ2v) is 19.1. The first kappa shape index (κ1) is 32.8. The highest BCUT2D eigenvalue weighted by molar-refractivity contribution is 5.99. The fourth-order valence-electron chi connectivity index (χ4n) is 8.67. The zero-order valence-corrected chi connectivity index (χ0v) is 38.6. The van der Waals surface area contributed by atoms with E-state index in [0.29, 0.717) is 22.2 Å². The third-order valence-electron chi connectivity index (χ3n) is 12.3. The summed E-state index contributed by atoms with van der Waals surface area (Å²) in [5.41, 5.74) is 10.5. The Bertz CT molecular complexity index is 3970. The Kier molecular flexibility index (Phi) is 8.41. The van der Waals surface area contributed by atoms with E-state index in [1.54, 1.807) is 12.1 Å². The van der Waals surface area contributed by atoms with Crippen LogP contribution in [0.15, 0.2) is 200 Å². The van der Waals surface area contributed by atoms with Gasteiger partial charge in [0, 0.05) is 28.5 Å². The molecule has 0 bridgehead atoms. The molecule has 4 nitrogen and oxygen atoms in total. The molecule has 67 heavy (non-hydrogen) atoms. The lowest BCUT2D eigenvalue weighted by atomic mass is 9.79. The normalized spacial score (nSPS) is 14.0. The van der Waals surface area contributed by atoms with Crippen molar-refractivity contribution in [3.8, 4) is 89.7 Å². The first-order valence-corrected chi connectivity index (χ1v) is 22.4. The van der Waals surface area contributed by atoms with Crippen molar-refractivity contribution in [3.63, 3.8) is 0 Å². The van der Waals surface area contributed by atoms with Crippen LogP contribution >= 0.6 is 0 Å². The van der Waals surface area contributed by atoms with Gasteiger partial charge in [0.15, 0.2) is 0 Å². The minimum atomic E-state index is -0.599. The van der Waals surface area contributed by atoms with Crippen LogP contribution < -0.4 is 0 Å². The van der Waals surface area contributed by atoms with Gasteiger partial charge in [-0.15, -0.1) is 0 Å². The van der Waals surface area contributed by atoms with Crippen molar-refractivity contribution in [2.75, 3.05) is 0 Å². The van der Waals surface area contributed by atoms with E-state index in [2.05, 4.69) is 88.4 Å². The Morgan fingerprint density at radius 2 is 1.13 bits per heavy atom. The highest BCUT2D eigenvalue weighted by Crippen LogP contribution is 2.46. The van der Waals surface area contributed by atoms with Gasteiger partial charge < -0.3 is 5.11 Å². The molecule has 10 rings (SSSR count). The van der Waals surface area contributed by atoms with Gasteiger partial charge in [0.2, 0.25) is 0 Å². The van der Waals surface area contributed by atoms with Gasteiger partial charge in [-0.25, -0.2) is 4.98 Å². The van der Waals surface area contributed by atoms with Gasteiger partial charge in [0.25, 0.3) is 0 Å². The number of para-hydroxylation sites is 1. The Hall–Kier alpha value is -7.82. The zero-order chi connectivity index (χ0) is 55.2. The van der Waals surface area contributed by atoms with Crippen LogP contribution in [0.1, 0.15) is 71.9 Å². The van der Waals surface area contributed by atoms with E-state index >= 15 is 0 Å². The molecule has 0 spiro atoms. The van der Waals surface area contributed by atoms with Crippen LogP contribution in [-0.4, -0.2) is 19.6 Å². The quantitative estimate of drug-likeness (QED) is 0.165. The molecule has 0 fully saturated rings. The molecule has 0 atom stereocenters. The Morgan fingerprint density at radius 3 is 1.84 bits per heavy atom. The molecule has 4 heteroatoms. The highest BCUT2D eigenvalue weighted by atomic mass is 16.3. The molecule has 0 aliphatic rings. The first-order valence-electron chi connectivity index (χ1n) is 27.4. The van der Waals surface area contributed by atoms with Gasteiger partial charge in [0.05, 0.1) is 41.7 Å². The number of aromatic hydroxyl groups is 1. The van der Waals surface area contributed by atoms with E-state index in [0.717, 1.165) is 55.8 Å². The topological polar surface area (TPSA) is 50.9 Å². The van der Waals surface area contributed by atoms with Crippen molar-refractivity contribution in [2.24, 2.45) is 0 Å². The summed E-state index contributed by atoms with van der Waals surface area (Å²) in [6.07, 6.45) is 1.81. The number of fused-ring (bicyclic) bond motifs is 1. The van der Waals surface area contributed by atoms with Gasteiger partial charge in [-0.05, 0) is 122 Å². The maximum atomic E-state index is 12.7. The van der Waals surface area contributed by atoms with Crippen molar-refractivity contribution in [3.05, 3.63) is 217 Å². The second-order valence-electron chi connectivity index (χ2n) is 19.1. The third-order valence-corrected chi connectivity index (χ3v) is 12.3.